The molecule has 30 heavy (non-hydrogen) atoms. The largest absolute Gasteiger partial charge is 0.316 e. The molecule has 0 N–H and O–H groups in total. The van der Waals surface area contributed by atoms with E-state index < -0.39 is 10.8 Å². The smallest absolute Gasteiger partial charge is 0.279 e. The Bertz CT molecular complexity index is 1180. The molecule has 6 nitrogen and oxygen atoms in total. The van der Waals surface area contributed by atoms with Gasteiger partial charge in [-0.15, -0.1) is 11.3 Å². The SMILES string of the molecule is CCCc1sc(=NC(=O)c2cccc([N+](=O)[O-])c2)n(CC)c1-c1ccc(Cl)c(Cl)c1. The van der Waals surface area contributed by atoms with E-state index in [2.05, 4.69) is 11.9 Å². The summed E-state index contributed by atoms with van der Waals surface area (Å²) in [6, 6.07) is 11.0. The Morgan fingerprint density at radius 2 is 1.93 bits per heavy atom. The van der Waals surface area contributed by atoms with E-state index in [9.17, 15) is 14.9 Å². The van der Waals surface area contributed by atoms with Gasteiger partial charge in [0.05, 0.1) is 20.7 Å². The fourth-order valence-corrected chi connectivity index (χ4v) is 4.71. The van der Waals surface area contributed by atoms with E-state index in [1.165, 1.54) is 35.6 Å². The number of non-ortho nitro benzene ring substituents is 1. The molecule has 0 aliphatic heterocycles. The molecular formula is C21H19Cl2N3O3S. The zero-order chi connectivity index (χ0) is 21.8. The summed E-state index contributed by atoms with van der Waals surface area (Å²) in [7, 11) is 0. The van der Waals surface area contributed by atoms with Gasteiger partial charge >= 0.3 is 0 Å². The molecular weight excluding hydrogens is 445 g/mol. The van der Waals surface area contributed by atoms with Gasteiger partial charge in [-0.25, -0.2) is 0 Å². The van der Waals surface area contributed by atoms with Crippen molar-refractivity contribution in [1.82, 2.24) is 4.57 Å². The number of thiazole rings is 1. The zero-order valence-electron chi connectivity index (χ0n) is 16.4. The number of rotatable bonds is 6. The Labute approximate surface area is 187 Å². The van der Waals surface area contributed by atoms with Gasteiger partial charge in [-0.3, -0.25) is 14.9 Å². The summed E-state index contributed by atoms with van der Waals surface area (Å²) in [6.45, 7) is 4.65. The first-order valence-electron chi connectivity index (χ1n) is 9.37. The van der Waals surface area contributed by atoms with Gasteiger partial charge in [0.15, 0.2) is 4.80 Å². The number of benzene rings is 2. The lowest BCUT2D eigenvalue weighted by Crippen LogP contribution is -2.17. The fraction of sp³-hybridized carbons (Fsp3) is 0.238. The highest BCUT2D eigenvalue weighted by atomic mass is 35.5. The first kappa shape index (κ1) is 22.2. The van der Waals surface area contributed by atoms with Crippen LogP contribution in [0.2, 0.25) is 10.0 Å². The van der Waals surface area contributed by atoms with E-state index in [1.54, 1.807) is 6.07 Å². The van der Waals surface area contributed by atoms with Crippen molar-refractivity contribution < 1.29 is 9.72 Å². The molecule has 0 aliphatic rings. The van der Waals surface area contributed by atoms with Crippen molar-refractivity contribution in [2.24, 2.45) is 4.99 Å². The van der Waals surface area contributed by atoms with Crippen LogP contribution in [0.15, 0.2) is 47.5 Å². The fourth-order valence-electron chi connectivity index (χ4n) is 3.10. The molecule has 1 aromatic heterocycles. The average Bonchev–Trinajstić information content (AvgIpc) is 3.07. The molecule has 0 saturated carbocycles. The average molecular weight is 464 g/mol. The summed E-state index contributed by atoms with van der Waals surface area (Å²) in [6.07, 6.45) is 1.75. The minimum absolute atomic E-state index is 0.145. The Morgan fingerprint density at radius 1 is 1.17 bits per heavy atom. The van der Waals surface area contributed by atoms with Crippen LogP contribution < -0.4 is 4.80 Å². The van der Waals surface area contributed by atoms with Crippen LogP contribution in [-0.4, -0.2) is 15.4 Å². The van der Waals surface area contributed by atoms with E-state index in [0.717, 1.165) is 29.0 Å². The van der Waals surface area contributed by atoms with Crippen molar-refractivity contribution in [3.63, 3.8) is 0 Å². The van der Waals surface area contributed by atoms with Crippen molar-refractivity contribution in [2.75, 3.05) is 0 Å². The number of amides is 1. The molecule has 9 heteroatoms. The van der Waals surface area contributed by atoms with Gasteiger partial charge in [-0.2, -0.15) is 4.99 Å². The van der Waals surface area contributed by atoms with Gasteiger partial charge in [0.2, 0.25) is 0 Å². The Balaban J connectivity index is 2.15. The van der Waals surface area contributed by atoms with Gasteiger partial charge in [-0.05, 0) is 31.5 Å². The predicted molar refractivity (Wildman–Crippen MR) is 120 cm³/mol. The number of halogens is 2. The minimum atomic E-state index is -0.532. The van der Waals surface area contributed by atoms with Gasteiger partial charge < -0.3 is 4.57 Å². The van der Waals surface area contributed by atoms with Crippen molar-refractivity contribution in [3.05, 3.63) is 77.9 Å². The third-order valence-electron chi connectivity index (χ3n) is 4.47. The van der Waals surface area contributed by atoms with E-state index >= 15 is 0 Å². The highest BCUT2D eigenvalue weighted by molar-refractivity contribution is 7.09. The highest BCUT2D eigenvalue weighted by Crippen LogP contribution is 2.32. The maximum atomic E-state index is 12.7. The van der Waals surface area contributed by atoms with Crippen LogP contribution in [0.4, 0.5) is 5.69 Å². The van der Waals surface area contributed by atoms with Crippen molar-refractivity contribution >= 4 is 46.1 Å². The lowest BCUT2D eigenvalue weighted by molar-refractivity contribution is -0.384. The molecule has 0 saturated heterocycles. The molecule has 3 aromatic rings. The standard InChI is InChI=1S/C21H19Cl2N3O3S/c1-3-6-18-19(13-9-10-16(22)17(23)12-13)25(4-2)21(30-18)24-20(27)14-7-5-8-15(11-14)26(28)29/h5,7-12H,3-4,6H2,1-2H3. The molecule has 2 aromatic carbocycles. The summed E-state index contributed by atoms with van der Waals surface area (Å²) in [5, 5.41) is 11.9. The van der Waals surface area contributed by atoms with Crippen LogP contribution in [0.3, 0.4) is 0 Å². The Kier molecular flexibility index (Phi) is 7.07. The summed E-state index contributed by atoms with van der Waals surface area (Å²) < 4.78 is 1.96. The third-order valence-corrected chi connectivity index (χ3v) is 6.34. The molecule has 0 unspecified atom stereocenters. The van der Waals surface area contributed by atoms with Crippen LogP contribution in [0.1, 0.15) is 35.5 Å². The molecule has 0 fully saturated rings. The lowest BCUT2D eigenvalue weighted by atomic mass is 10.1. The number of aryl methyl sites for hydroxylation is 1. The quantitative estimate of drug-likeness (QED) is 0.325. The number of aromatic nitrogens is 1. The number of hydrogen-bond donors (Lipinski definition) is 0. The lowest BCUT2D eigenvalue weighted by Gasteiger charge is -2.10. The van der Waals surface area contributed by atoms with Crippen LogP contribution in [0.5, 0.6) is 0 Å². The number of nitro groups is 1. The van der Waals surface area contributed by atoms with E-state index in [4.69, 9.17) is 23.2 Å². The van der Waals surface area contributed by atoms with E-state index in [1.807, 2.05) is 23.6 Å². The van der Waals surface area contributed by atoms with Crippen LogP contribution in [-0.2, 0) is 13.0 Å². The second kappa shape index (κ2) is 9.55. The van der Waals surface area contributed by atoms with Gasteiger partial charge in [0.25, 0.3) is 11.6 Å². The van der Waals surface area contributed by atoms with Gasteiger partial charge in [-0.1, -0.05) is 48.7 Å². The van der Waals surface area contributed by atoms with E-state index in [0.29, 0.717) is 21.4 Å². The number of carbonyl (C=O) groups excluding carboxylic acids is 1. The molecule has 0 spiro atoms. The molecule has 156 valence electrons. The maximum absolute atomic E-state index is 12.7. The monoisotopic (exact) mass is 463 g/mol. The first-order chi connectivity index (χ1) is 14.3. The molecule has 0 bridgehead atoms. The second-order valence-electron chi connectivity index (χ2n) is 6.50. The topological polar surface area (TPSA) is 77.5 Å². The summed E-state index contributed by atoms with van der Waals surface area (Å²) >= 11 is 13.7. The molecule has 1 heterocycles. The molecule has 0 radical (unpaired) electrons. The summed E-state index contributed by atoms with van der Waals surface area (Å²) in [5.74, 6) is -0.522. The van der Waals surface area contributed by atoms with Crippen molar-refractivity contribution in [1.29, 1.82) is 0 Å². The second-order valence-corrected chi connectivity index (χ2v) is 8.38. The van der Waals surface area contributed by atoms with Crippen molar-refractivity contribution in [2.45, 2.75) is 33.2 Å². The van der Waals surface area contributed by atoms with Crippen LogP contribution in [0, 0.1) is 10.1 Å². The minimum Gasteiger partial charge on any atom is -0.316 e. The molecule has 1 amide bonds. The van der Waals surface area contributed by atoms with Crippen LogP contribution >= 0.6 is 34.5 Å². The number of nitrogens with zero attached hydrogens (tertiary/aromatic N) is 3. The molecule has 0 aliphatic carbocycles. The molecule has 3 rings (SSSR count). The van der Waals surface area contributed by atoms with E-state index in [-0.39, 0.29) is 11.3 Å². The number of carbonyl (C=O) groups is 1. The number of nitro benzene ring substituents is 1. The number of hydrogen-bond acceptors (Lipinski definition) is 4. The Hall–Kier alpha value is -2.48. The van der Waals surface area contributed by atoms with Gasteiger partial charge in [0.1, 0.15) is 0 Å². The Morgan fingerprint density at radius 3 is 2.57 bits per heavy atom. The predicted octanol–water partition coefficient (Wildman–Crippen LogP) is 6.15. The zero-order valence-corrected chi connectivity index (χ0v) is 18.7. The first-order valence-corrected chi connectivity index (χ1v) is 10.9. The van der Waals surface area contributed by atoms with Crippen LogP contribution in [0.25, 0.3) is 11.3 Å². The summed E-state index contributed by atoms with van der Waals surface area (Å²) in [4.78, 5) is 29.1. The van der Waals surface area contributed by atoms with Crippen molar-refractivity contribution in [3.8, 4) is 11.3 Å². The molecule has 0 atom stereocenters. The van der Waals surface area contributed by atoms with Gasteiger partial charge in [0, 0.05) is 34.7 Å². The normalized spacial score (nSPS) is 11.7. The maximum Gasteiger partial charge on any atom is 0.279 e. The highest BCUT2D eigenvalue weighted by Gasteiger charge is 2.17. The third kappa shape index (κ3) is 4.64. The summed E-state index contributed by atoms with van der Waals surface area (Å²) in [5.41, 5.74) is 1.88.